The Labute approximate surface area is 124 Å². The third-order valence-corrected chi connectivity index (χ3v) is 3.50. The number of rotatable bonds is 2. The molecule has 0 unspecified atom stereocenters. The van der Waals surface area contributed by atoms with Crippen LogP contribution in [0.5, 0.6) is 0 Å². The van der Waals surface area contributed by atoms with Crippen LogP contribution in [0.3, 0.4) is 0 Å². The molecule has 0 spiro atoms. The first-order valence-electron chi connectivity index (χ1n) is 5.90. The lowest BCUT2D eigenvalue weighted by atomic mass is 10.2. The molecular weight excluding hydrogens is 297 g/mol. The fraction of sp³-hybridized carbons (Fsp3) is 0.0714. The number of nitrogens with zero attached hydrogens (tertiary/aromatic N) is 3. The highest BCUT2D eigenvalue weighted by Crippen LogP contribution is 2.17. The summed E-state index contributed by atoms with van der Waals surface area (Å²) in [7, 11) is 0. The van der Waals surface area contributed by atoms with Gasteiger partial charge in [-0.05, 0) is 18.2 Å². The van der Waals surface area contributed by atoms with Crippen molar-refractivity contribution in [2.45, 2.75) is 6.54 Å². The second kappa shape index (κ2) is 5.23. The van der Waals surface area contributed by atoms with Gasteiger partial charge in [-0.25, -0.2) is 9.97 Å². The molecule has 2 heterocycles. The van der Waals surface area contributed by atoms with Gasteiger partial charge in [-0.3, -0.25) is 9.36 Å². The first kappa shape index (κ1) is 13.1. The van der Waals surface area contributed by atoms with Crippen molar-refractivity contribution in [2.75, 3.05) is 0 Å². The maximum absolute atomic E-state index is 12.3. The van der Waals surface area contributed by atoms with E-state index in [4.69, 9.17) is 23.2 Å². The molecule has 0 aliphatic carbocycles. The van der Waals surface area contributed by atoms with Crippen molar-refractivity contribution in [3.63, 3.8) is 0 Å². The highest BCUT2D eigenvalue weighted by molar-refractivity contribution is 6.32. The van der Waals surface area contributed by atoms with Gasteiger partial charge >= 0.3 is 0 Å². The smallest absolute Gasteiger partial charge is 0.261 e. The molecular formula is C14H9Cl2N3O. The van der Waals surface area contributed by atoms with Crippen LogP contribution in [0.1, 0.15) is 5.56 Å². The molecule has 0 saturated heterocycles. The molecule has 4 nitrogen and oxygen atoms in total. The van der Waals surface area contributed by atoms with Crippen LogP contribution in [-0.4, -0.2) is 14.5 Å². The zero-order valence-electron chi connectivity index (χ0n) is 10.3. The maximum atomic E-state index is 12.3. The summed E-state index contributed by atoms with van der Waals surface area (Å²) in [6.07, 6.45) is 1.51. The van der Waals surface area contributed by atoms with Crippen LogP contribution < -0.4 is 5.56 Å². The number of aromatic nitrogens is 3. The molecule has 0 saturated carbocycles. The van der Waals surface area contributed by atoms with Crippen molar-refractivity contribution in [3.8, 4) is 0 Å². The van der Waals surface area contributed by atoms with Crippen LogP contribution in [-0.2, 0) is 6.54 Å². The summed E-state index contributed by atoms with van der Waals surface area (Å²) in [6.45, 7) is 0.305. The van der Waals surface area contributed by atoms with Crippen LogP contribution in [0.25, 0.3) is 10.9 Å². The number of fused-ring (bicyclic) bond motifs is 1. The van der Waals surface area contributed by atoms with Crippen molar-refractivity contribution in [1.29, 1.82) is 0 Å². The van der Waals surface area contributed by atoms with Crippen LogP contribution in [0.15, 0.2) is 47.5 Å². The van der Waals surface area contributed by atoms with Gasteiger partial charge in [0.25, 0.3) is 5.56 Å². The van der Waals surface area contributed by atoms with Gasteiger partial charge in [0.05, 0.1) is 23.8 Å². The molecule has 3 rings (SSSR count). The number of para-hydroxylation sites is 1. The van der Waals surface area contributed by atoms with E-state index in [0.29, 0.717) is 22.6 Å². The van der Waals surface area contributed by atoms with E-state index in [1.807, 2.05) is 12.1 Å². The predicted octanol–water partition coefficient (Wildman–Crippen LogP) is 3.15. The zero-order valence-corrected chi connectivity index (χ0v) is 11.8. The Morgan fingerprint density at radius 2 is 1.90 bits per heavy atom. The van der Waals surface area contributed by atoms with E-state index in [1.165, 1.54) is 10.9 Å². The molecule has 20 heavy (non-hydrogen) atoms. The number of hydrogen-bond donors (Lipinski definition) is 0. The highest BCUT2D eigenvalue weighted by atomic mass is 35.5. The topological polar surface area (TPSA) is 47.8 Å². The SMILES string of the molecule is O=c1c2ccccc2ncn1Cc1ccc(Cl)nc1Cl. The molecule has 1 aromatic carbocycles. The molecule has 0 N–H and O–H groups in total. The molecule has 0 aliphatic heterocycles. The Hall–Kier alpha value is -1.91. The third-order valence-electron chi connectivity index (χ3n) is 2.96. The fourth-order valence-corrected chi connectivity index (χ4v) is 2.37. The second-order valence-corrected chi connectivity index (χ2v) is 5.02. The van der Waals surface area contributed by atoms with Crippen LogP contribution in [0.2, 0.25) is 10.3 Å². The lowest BCUT2D eigenvalue weighted by molar-refractivity contribution is 0.746. The number of pyridine rings is 1. The van der Waals surface area contributed by atoms with E-state index in [1.54, 1.807) is 24.3 Å². The predicted molar refractivity (Wildman–Crippen MR) is 79.4 cm³/mol. The lowest BCUT2D eigenvalue weighted by Crippen LogP contribution is -2.21. The third kappa shape index (κ3) is 2.40. The molecule has 0 amide bonds. The van der Waals surface area contributed by atoms with Crippen molar-refractivity contribution in [3.05, 3.63) is 68.9 Å². The standard InChI is InChI=1S/C14H9Cl2N3O/c15-12-6-5-9(13(16)18-12)7-19-8-17-11-4-2-1-3-10(11)14(19)20/h1-6,8H,7H2. The average molecular weight is 306 g/mol. The van der Waals surface area contributed by atoms with Crippen LogP contribution in [0, 0.1) is 0 Å². The van der Waals surface area contributed by atoms with Gasteiger partial charge in [0.2, 0.25) is 0 Å². The van der Waals surface area contributed by atoms with Crippen LogP contribution >= 0.6 is 23.2 Å². The molecule has 3 aromatic rings. The van der Waals surface area contributed by atoms with Crippen molar-refractivity contribution in [2.24, 2.45) is 0 Å². The summed E-state index contributed by atoms with van der Waals surface area (Å²) < 4.78 is 1.50. The quantitative estimate of drug-likeness (QED) is 0.683. The second-order valence-electron chi connectivity index (χ2n) is 4.28. The Morgan fingerprint density at radius 1 is 1.10 bits per heavy atom. The molecule has 6 heteroatoms. The van der Waals surface area contributed by atoms with E-state index in [9.17, 15) is 4.79 Å². The molecule has 2 aromatic heterocycles. The van der Waals surface area contributed by atoms with Crippen LogP contribution in [0.4, 0.5) is 0 Å². The van der Waals surface area contributed by atoms with Gasteiger partial charge in [0.15, 0.2) is 0 Å². The van der Waals surface area contributed by atoms with Gasteiger partial charge in [-0.15, -0.1) is 0 Å². The van der Waals surface area contributed by atoms with Crippen molar-refractivity contribution < 1.29 is 0 Å². The Morgan fingerprint density at radius 3 is 2.70 bits per heavy atom. The Balaban J connectivity index is 2.07. The molecule has 0 bridgehead atoms. The summed E-state index contributed by atoms with van der Waals surface area (Å²) in [5.41, 5.74) is 1.28. The van der Waals surface area contributed by atoms with Crippen molar-refractivity contribution in [1.82, 2.24) is 14.5 Å². The highest BCUT2D eigenvalue weighted by Gasteiger charge is 2.07. The molecule has 0 aliphatic rings. The van der Waals surface area contributed by atoms with Gasteiger partial charge in [0.1, 0.15) is 10.3 Å². The minimum absolute atomic E-state index is 0.110. The summed E-state index contributed by atoms with van der Waals surface area (Å²) in [5.74, 6) is 0. The molecule has 0 radical (unpaired) electrons. The van der Waals surface area contributed by atoms with E-state index < -0.39 is 0 Å². The number of halogens is 2. The van der Waals surface area contributed by atoms with Gasteiger partial charge in [-0.1, -0.05) is 41.4 Å². The van der Waals surface area contributed by atoms with E-state index in [-0.39, 0.29) is 10.7 Å². The summed E-state index contributed by atoms with van der Waals surface area (Å²) in [6, 6.07) is 10.6. The first-order valence-corrected chi connectivity index (χ1v) is 6.66. The summed E-state index contributed by atoms with van der Waals surface area (Å²) in [5, 5.41) is 1.19. The van der Waals surface area contributed by atoms with Gasteiger partial charge in [0, 0.05) is 5.56 Å². The minimum Gasteiger partial charge on any atom is -0.294 e. The Bertz CT molecular complexity index is 845. The summed E-state index contributed by atoms with van der Waals surface area (Å²) in [4.78, 5) is 20.6. The summed E-state index contributed by atoms with van der Waals surface area (Å²) >= 11 is 11.8. The monoisotopic (exact) mass is 305 g/mol. The molecule has 100 valence electrons. The molecule has 0 fully saturated rings. The van der Waals surface area contributed by atoms with E-state index in [0.717, 1.165) is 5.56 Å². The van der Waals surface area contributed by atoms with Crippen molar-refractivity contribution >= 4 is 34.1 Å². The van der Waals surface area contributed by atoms with E-state index >= 15 is 0 Å². The normalized spacial score (nSPS) is 10.9. The largest absolute Gasteiger partial charge is 0.294 e. The number of hydrogen-bond acceptors (Lipinski definition) is 3. The maximum Gasteiger partial charge on any atom is 0.261 e. The minimum atomic E-state index is -0.110. The lowest BCUT2D eigenvalue weighted by Gasteiger charge is -2.08. The van der Waals surface area contributed by atoms with E-state index in [2.05, 4.69) is 9.97 Å². The number of benzene rings is 1. The molecule has 0 atom stereocenters. The van der Waals surface area contributed by atoms with Gasteiger partial charge in [-0.2, -0.15) is 0 Å². The average Bonchev–Trinajstić information content (AvgIpc) is 2.45. The zero-order chi connectivity index (χ0) is 14.1. The fourth-order valence-electron chi connectivity index (χ4n) is 1.96. The first-order chi connectivity index (χ1) is 9.65. The Kier molecular flexibility index (Phi) is 3.42. The van der Waals surface area contributed by atoms with Gasteiger partial charge < -0.3 is 0 Å².